The molecule has 1 amide bonds. The normalized spacial score (nSPS) is 10.5. The van der Waals surface area contributed by atoms with Crippen LogP contribution in [0, 0.1) is 0 Å². The van der Waals surface area contributed by atoms with Crippen LogP contribution in [0.3, 0.4) is 0 Å². The van der Waals surface area contributed by atoms with Gasteiger partial charge in [-0.1, -0.05) is 35.7 Å². The molecule has 1 N–H and O–H groups in total. The molecule has 4 heteroatoms. The molecule has 0 radical (unpaired) electrons. The summed E-state index contributed by atoms with van der Waals surface area (Å²) in [6.45, 7) is 2.73. The van der Waals surface area contributed by atoms with Crippen molar-refractivity contribution in [3.63, 3.8) is 0 Å². The summed E-state index contributed by atoms with van der Waals surface area (Å²) in [5.41, 5.74) is 0.674. The van der Waals surface area contributed by atoms with Crippen molar-refractivity contribution in [2.45, 2.75) is 39.0 Å². The number of unbranched alkanes of at least 4 members (excludes halogenated alkanes) is 3. The second-order valence-corrected chi connectivity index (χ2v) is 4.76. The van der Waals surface area contributed by atoms with E-state index in [-0.39, 0.29) is 5.91 Å². The van der Waals surface area contributed by atoms with Gasteiger partial charge in [-0.2, -0.15) is 0 Å². The molecule has 1 aromatic rings. The molecule has 1 rings (SSSR count). The lowest BCUT2D eigenvalue weighted by atomic mass is 10.2. The van der Waals surface area contributed by atoms with E-state index in [0.717, 1.165) is 36.9 Å². The fraction of sp³-hybridized carbons (Fsp3) is 0.615. The SMILES string of the molecule is CCc1occc1C(=O)NCCCCCCBr. The number of furan rings is 1. The first kappa shape index (κ1) is 14.3. The first-order valence-corrected chi connectivity index (χ1v) is 7.32. The molecule has 0 saturated carbocycles. The number of aryl methyl sites for hydroxylation is 1. The molecule has 1 aromatic heterocycles. The smallest absolute Gasteiger partial charge is 0.254 e. The van der Waals surface area contributed by atoms with Gasteiger partial charge in [-0.05, 0) is 18.9 Å². The molecule has 3 nitrogen and oxygen atoms in total. The summed E-state index contributed by atoms with van der Waals surface area (Å²) >= 11 is 3.40. The lowest BCUT2D eigenvalue weighted by Gasteiger charge is -2.04. The monoisotopic (exact) mass is 301 g/mol. The van der Waals surface area contributed by atoms with Crippen LogP contribution in [0.1, 0.15) is 48.7 Å². The van der Waals surface area contributed by atoms with Gasteiger partial charge in [0.2, 0.25) is 0 Å². The van der Waals surface area contributed by atoms with Gasteiger partial charge >= 0.3 is 0 Å². The molecule has 96 valence electrons. The van der Waals surface area contributed by atoms with Gasteiger partial charge in [0.05, 0.1) is 11.8 Å². The molecule has 17 heavy (non-hydrogen) atoms. The molecule has 0 spiro atoms. The molecular formula is C13H20BrNO2. The van der Waals surface area contributed by atoms with E-state index in [9.17, 15) is 4.79 Å². The van der Waals surface area contributed by atoms with Crippen molar-refractivity contribution in [2.24, 2.45) is 0 Å². The number of halogens is 1. The van der Waals surface area contributed by atoms with Gasteiger partial charge in [0, 0.05) is 18.3 Å². The van der Waals surface area contributed by atoms with Gasteiger partial charge in [-0.15, -0.1) is 0 Å². The summed E-state index contributed by atoms with van der Waals surface area (Å²) in [4.78, 5) is 11.8. The van der Waals surface area contributed by atoms with Crippen molar-refractivity contribution in [3.8, 4) is 0 Å². The third-order valence-electron chi connectivity index (χ3n) is 2.66. The van der Waals surface area contributed by atoms with Gasteiger partial charge in [0.15, 0.2) is 0 Å². The van der Waals surface area contributed by atoms with Crippen LogP contribution in [0.5, 0.6) is 0 Å². The minimum Gasteiger partial charge on any atom is -0.469 e. The number of nitrogens with one attached hydrogen (secondary N) is 1. The van der Waals surface area contributed by atoms with Crippen molar-refractivity contribution in [1.82, 2.24) is 5.32 Å². The van der Waals surface area contributed by atoms with Crippen LogP contribution in [0.2, 0.25) is 0 Å². The summed E-state index contributed by atoms with van der Waals surface area (Å²) < 4.78 is 5.23. The van der Waals surface area contributed by atoms with Gasteiger partial charge in [-0.25, -0.2) is 0 Å². The predicted molar refractivity (Wildman–Crippen MR) is 72.7 cm³/mol. The maximum atomic E-state index is 11.8. The summed E-state index contributed by atoms with van der Waals surface area (Å²) in [7, 11) is 0. The van der Waals surface area contributed by atoms with E-state index in [4.69, 9.17) is 4.42 Å². The van der Waals surface area contributed by atoms with E-state index in [1.54, 1.807) is 12.3 Å². The number of alkyl halides is 1. The molecular weight excluding hydrogens is 282 g/mol. The molecule has 0 aliphatic carbocycles. The van der Waals surface area contributed by atoms with Gasteiger partial charge in [-0.3, -0.25) is 4.79 Å². The van der Waals surface area contributed by atoms with Crippen molar-refractivity contribution < 1.29 is 9.21 Å². The molecule has 0 saturated heterocycles. The van der Waals surface area contributed by atoms with Crippen LogP contribution < -0.4 is 5.32 Å². The Labute approximate surface area is 111 Å². The highest BCUT2D eigenvalue weighted by molar-refractivity contribution is 9.09. The maximum Gasteiger partial charge on any atom is 0.254 e. The standard InChI is InChI=1S/C13H20BrNO2/c1-2-12-11(7-10-17-12)13(16)15-9-6-4-3-5-8-14/h7,10H,2-6,8-9H2,1H3,(H,15,16). The second-order valence-electron chi connectivity index (χ2n) is 3.97. The zero-order chi connectivity index (χ0) is 12.5. The maximum absolute atomic E-state index is 11.8. The molecule has 0 aromatic carbocycles. The molecule has 0 atom stereocenters. The van der Waals surface area contributed by atoms with Crippen LogP contribution in [-0.4, -0.2) is 17.8 Å². The average Bonchev–Trinajstić information content (AvgIpc) is 2.81. The summed E-state index contributed by atoms with van der Waals surface area (Å²) in [5, 5.41) is 3.99. The Morgan fingerprint density at radius 1 is 1.35 bits per heavy atom. The minimum absolute atomic E-state index is 0.0175. The average molecular weight is 302 g/mol. The highest BCUT2D eigenvalue weighted by atomic mass is 79.9. The Morgan fingerprint density at radius 3 is 2.82 bits per heavy atom. The molecule has 0 bridgehead atoms. The van der Waals surface area contributed by atoms with E-state index in [0.29, 0.717) is 5.56 Å². The zero-order valence-corrected chi connectivity index (χ0v) is 11.9. The van der Waals surface area contributed by atoms with Crippen LogP contribution in [0.15, 0.2) is 16.7 Å². The largest absolute Gasteiger partial charge is 0.469 e. The summed E-state index contributed by atoms with van der Waals surface area (Å²) in [5.74, 6) is 0.748. The lowest BCUT2D eigenvalue weighted by Crippen LogP contribution is -2.24. The second kappa shape index (κ2) is 8.34. The third kappa shape index (κ3) is 4.94. The van der Waals surface area contributed by atoms with E-state index >= 15 is 0 Å². The van der Waals surface area contributed by atoms with Crippen molar-refractivity contribution in [2.75, 3.05) is 11.9 Å². The fourth-order valence-electron chi connectivity index (χ4n) is 1.69. The van der Waals surface area contributed by atoms with E-state index in [2.05, 4.69) is 21.2 Å². The fourth-order valence-corrected chi connectivity index (χ4v) is 2.08. The number of hydrogen-bond acceptors (Lipinski definition) is 2. The lowest BCUT2D eigenvalue weighted by molar-refractivity contribution is 0.0951. The Kier molecular flexibility index (Phi) is 7.01. The first-order chi connectivity index (χ1) is 8.29. The topological polar surface area (TPSA) is 42.2 Å². The van der Waals surface area contributed by atoms with E-state index in [1.165, 1.54) is 12.8 Å². The summed E-state index contributed by atoms with van der Waals surface area (Å²) in [6, 6.07) is 1.74. The van der Waals surface area contributed by atoms with E-state index in [1.807, 2.05) is 6.92 Å². The Balaban J connectivity index is 2.21. The third-order valence-corrected chi connectivity index (χ3v) is 3.22. The zero-order valence-electron chi connectivity index (χ0n) is 10.3. The Bertz CT molecular complexity index is 336. The molecule has 1 heterocycles. The number of amides is 1. The number of carbonyl (C=O) groups excluding carboxylic acids is 1. The van der Waals surface area contributed by atoms with Crippen molar-refractivity contribution in [3.05, 3.63) is 23.7 Å². The van der Waals surface area contributed by atoms with Crippen molar-refractivity contribution in [1.29, 1.82) is 0 Å². The quantitative estimate of drug-likeness (QED) is 0.589. The predicted octanol–water partition coefficient (Wildman–Crippen LogP) is 3.53. The Hall–Kier alpha value is -0.770. The molecule has 0 unspecified atom stereocenters. The van der Waals surface area contributed by atoms with E-state index < -0.39 is 0 Å². The van der Waals surface area contributed by atoms with Gasteiger partial charge in [0.1, 0.15) is 5.76 Å². The van der Waals surface area contributed by atoms with Crippen LogP contribution >= 0.6 is 15.9 Å². The molecule has 0 aliphatic heterocycles. The number of rotatable bonds is 8. The Morgan fingerprint density at radius 2 is 2.12 bits per heavy atom. The first-order valence-electron chi connectivity index (χ1n) is 6.20. The highest BCUT2D eigenvalue weighted by Gasteiger charge is 2.11. The number of hydrogen-bond donors (Lipinski definition) is 1. The number of carbonyl (C=O) groups is 1. The van der Waals surface area contributed by atoms with Crippen LogP contribution in [0.25, 0.3) is 0 Å². The molecule has 0 aliphatic rings. The summed E-state index contributed by atoms with van der Waals surface area (Å²) in [6.07, 6.45) is 6.95. The highest BCUT2D eigenvalue weighted by Crippen LogP contribution is 2.10. The van der Waals surface area contributed by atoms with Gasteiger partial charge < -0.3 is 9.73 Å². The van der Waals surface area contributed by atoms with Crippen molar-refractivity contribution >= 4 is 21.8 Å². The van der Waals surface area contributed by atoms with Gasteiger partial charge in [0.25, 0.3) is 5.91 Å². The van der Waals surface area contributed by atoms with Crippen LogP contribution in [0.4, 0.5) is 0 Å². The van der Waals surface area contributed by atoms with Crippen LogP contribution in [-0.2, 0) is 6.42 Å². The minimum atomic E-state index is -0.0175. The molecule has 0 fully saturated rings.